The summed E-state index contributed by atoms with van der Waals surface area (Å²) in [4.78, 5) is 13.1. The Kier molecular flexibility index (Phi) is 7.60. The lowest BCUT2D eigenvalue weighted by atomic mass is 10.0. The summed E-state index contributed by atoms with van der Waals surface area (Å²) in [5, 5.41) is 25.1. The molecule has 0 spiro atoms. The molecule has 5 nitrogen and oxygen atoms in total. The van der Waals surface area contributed by atoms with Gasteiger partial charge in [0.2, 0.25) is 0 Å². The molecular weight excluding hydrogens is 503 g/mol. The van der Waals surface area contributed by atoms with Crippen molar-refractivity contribution in [2.45, 2.75) is 46.6 Å². The van der Waals surface area contributed by atoms with Gasteiger partial charge in [-0.15, -0.1) is 0 Å². The monoisotopic (exact) mass is 536 g/mol. The Bertz CT molecular complexity index is 1680. The SMILES string of the molecule is CCCCn1c(C)c(C)c2cc(Cc3cccc(C(=O)Nc4cc(O)c(-c5ccc(F)cc5)c(O)c4)c3)ccc21. The second-order valence-corrected chi connectivity index (χ2v) is 10.3. The van der Waals surface area contributed by atoms with E-state index in [0.717, 1.165) is 24.9 Å². The van der Waals surface area contributed by atoms with Crippen molar-refractivity contribution in [3.8, 4) is 22.6 Å². The number of aryl methyl sites for hydroxylation is 2. The van der Waals surface area contributed by atoms with Crippen LogP contribution in [0.25, 0.3) is 22.0 Å². The molecule has 4 aromatic carbocycles. The molecule has 5 rings (SSSR count). The molecule has 0 radical (unpaired) electrons. The third-order valence-corrected chi connectivity index (χ3v) is 7.52. The van der Waals surface area contributed by atoms with Crippen LogP contribution in [0.2, 0.25) is 0 Å². The van der Waals surface area contributed by atoms with E-state index in [4.69, 9.17) is 0 Å². The maximum absolute atomic E-state index is 13.3. The summed E-state index contributed by atoms with van der Waals surface area (Å²) in [6.45, 7) is 7.59. The summed E-state index contributed by atoms with van der Waals surface area (Å²) >= 11 is 0. The van der Waals surface area contributed by atoms with Gasteiger partial charge in [0.15, 0.2) is 0 Å². The fourth-order valence-corrected chi connectivity index (χ4v) is 5.27. The fourth-order valence-electron chi connectivity index (χ4n) is 5.27. The number of benzene rings is 4. The number of unbranched alkanes of at least 4 members (excludes halogenated alkanes) is 1. The number of carbonyl (C=O) groups excluding carboxylic acids is 1. The minimum absolute atomic E-state index is 0.170. The zero-order valence-corrected chi connectivity index (χ0v) is 23.0. The van der Waals surface area contributed by atoms with Crippen molar-refractivity contribution < 1.29 is 19.4 Å². The fraction of sp³-hybridized carbons (Fsp3) is 0.206. The standard InChI is InChI=1S/C34H33FN2O3/c1-4-5-15-37-22(3)21(2)29-18-24(9-14-30(29)37)16-23-7-6-8-26(17-23)34(40)36-28-19-31(38)33(32(39)20-28)25-10-12-27(35)13-11-25/h6-14,17-20,38-39H,4-5,15-16H2,1-3H3,(H,36,40). The van der Waals surface area contributed by atoms with Crippen LogP contribution < -0.4 is 5.32 Å². The molecule has 6 heteroatoms. The number of fused-ring (bicyclic) bond motifs is 1. The van der Waals surface area contributed by atoms with Crippen LogP contribution in [0.3, 0.4) is 0 Å². The highest BCUT2D eigenvalue weighted by molar-refractivity contribution is 6.05. The quantitative estimate of drug-likeness (QED) is 0.187. The molecular formula is C34H33FN2O3. The number of phenolic OH excluding ortho intramolecular Hbond substituents is 2. The van der Waals surface area contributed by atoms with Crippen molar-refractivity contribution >= 4 is 22.5 Å². The first-order chi connectivity index (χ1) is 19.2. The number of amides is 1. The van der Waals surface area contributed by atoms with Gasteiger partial charge in [-0.1, -0.05) is 43.7 Å². The predicted molar refractivity (Wildman–Crippen MR) is 159 cm³/mol. The van der Waals surface area contributed by atoms with Crippen molar-refractivity contribution in [2.24, 2.45) is 0 Å². The summed E-state index contributed by atoms with van der Waals surface area (Å²) in [6, 6.07) is 22.2. The molecule has 0 bridgehead atoms. The van der Waals surface area contributed by atoms with E-state index in [1.54, 1.807) is 6.07 Å². The van der Waals surface area contributed by atoms with E-state index in [-0.39, 0.29) is 28.7 Å². The van der Waals surface area contributed by atoms with Crippen LogP contribution in [0.1, 0.15) is 52.5 Å². The van der Waals surface area contributed by atoms with Crippen molar-refractivity contribution in [1.82, 2.24) is 4.57 Å². The molecule has 5 aromatic rings. The molecule has 0 saturated heterocycles. The number of phenols is 2. The van der Waals surface area contributed by atoms with Crippen molar-refractivity contribution in [3.05, 3.63) is 113 Å². The van der Waals surface area contributed by atoms with Crippen molar-refractivity contribution in [2.75, 3.05) is 5.32 Å². The normalized spacial score (nSPS) is 11.2. The lowest BCUT2D eigenvalue weighted by Gasteiger charge is -2.12. The maximum Gasteiger partial charge on any atom is 0.255 e. The number of carbonyl (C=O) groups is 1. The Balaban J connectivity index is 1.34. The maximum atomic E-state index is 13.3. The molecule has 3 N–H and O–H groups in total. The van der Waals surface area contributed by atoms with E-state index in [1.165, 1.54) is 64.1 Å². The number of aromatic nitrogens is 1. The molecule has 0 aliphatic carbocycles. The summed E-state index contributed by atoms with van der Waals surface area (Å²) in [5.74, 6) is -1.22. The van der Waals surface area contributed by atoms with Gasteiger partial charge in [0.25, 0.3) is 5.91 Å². The van der Waals surface area contributed by atoms with Gasteiger partial charge in [-0.2, -0.15) is 0 Å². The Hall–Kier alpha value is -4.58. The van der Waals surface area contributed by atoms with E-state index in [2.05, 4.69) is 48.9 Å². The molecule has 1 amide bonds. The van der Waals surface area contributed by atoms with Crippen LogP contribution >= 0.6 is 0 Å². The zero-order valence-electron chi connectivity index (χ0n) is 23.0. The van der Waals surface area contributed by atoms with E-state index in [1.807, 2.05) is 18.2 Å². The Morgan fingerprint density at radius 2 is 1.60 bits per heavy atom. The predicted octanol–water partition coefficient (Wildman–Crippen LogP) is 8.12. The minimum Gasteiger partial charge on any atom is -0.507 e. The second kappa shape index (κ2) is 11.3. The van der Waals surface area contributed by atoms with Crippen LogP contribution in [0.15, 0.2) is 78.9 Å². The van der Waals surface area contributed by atoms with Gasteiger partial charge >= 0.3 is 0 Å². The number of anilines is 1. The van der Waals surface area contributed by atoms with Crippen LogP contribution in [0.5, 0.6) is 11.5 Å². The van der Waals surface area contributed by atoms with Gasteiger partial charge < -0.3 is 20.1 Å². The lowest BCUT2D eigenvalue weighted by Crippen LogP contribution is -2.12. The molecule has 40 heavy (non-hydrogen) atoms. The smallest absolute Gasteiger partial charge is 0.255 e. The molecule has 1 heterocycles. The van der Waals surface area contributed by atoms with Crippen molar-refractivity contribution in [3.63, 3.8) is 0 Å². The zero-order chi connectivity index (χ0) is 28.4. The molecule has 0 unspecified atom stereocenters. The molecule has 0 atom stereocenters. The van der Waals surface area contributed by atoms with E-state index >= 15 is 0 Å². The van der Waals surface area contributed by atoms with Crippen LogP contribution in [0, 0.1) is 19.7 Å². The molecule has 0 aliphatic rings. The first-order valence-corrected chi connectivity index (χ1v) is 13.6. The van der Waals surface area contributed by atoms with Gasteiger partial charge in [-0.3, -0.25) is 4.79 Å². The summed E-state index contributed by atoms with van der Waals surface area (Å²) < 4.78 is 15.7. The first-order valence-electron chi connectivity index (χ1n) is 13.6. The third kappa shape index (κ3) is 5.43. The molecule has 0 fully saturated rings. The number of hydrogen-bond acceptors (Lipinski definition) is 3. The van der Waals surface area contributed by atoms with E-state index in [0.29, 0.717) is 17.5 Å². The number of aromatic hydroxyl groups is 2. The number of halogens is 1. The number of nitrogens with zero attached hydrogens (tertiary/aromatic N) is 1. The number of nitrogens with one attached hydrogen (secondary N) is 1. The summed E-state index contributed by atoms with van der Waals surface area (Å²) in [7, 11) is 0. The highest BCUT2D eigenvalue weighted by Gasteiger charge is 2.15. The van der Waals surface area contributed by atoms with Gasteiger partial charge in [0.05, 0.1) is 5.56 Å². The Morgan fingerprint density at radius 3 is 2.30 bits per heavy atom. The number of hydrogen-bond donors (Lipinski definition) is 3. The van der Waals surface area contributed by atoms with Crippen molar-refractivity contribution in [1.29, 1.82) is 0 Å². The highest BCUT2D eigenvalue weighted by Crippen LogP contribution is 2.40. The second-order valence-electron chi connectivity index (χ2n) is 10.3. The topological polar surface area (TPSA) is 74.5 Å². The molecule has 0 aliphatic heterocycles. The molecule has 1 aromatic heterocycles. The van der Waals surface area contributed by atoms with E-state index < -0.39 is 5.82 Å². The van der Waals surface area contributed by atoms with Crippen LogP contribution in [0.4, 0.5) is 10.1 Å². The Morgan fingerprint density at radius 1 is 0.900 bits per heavy atom. The summed E-state index contributed by atoms with van der Waals surface area (Å²) in [5.41, 5.74) is 7.40. The van der Waals surface area contributed by atoms with Crippen LogP contribution in [-0.4, -0.2) is 20.7 Å². The van der Waals surface area contributed by atoms with Gasteiger partial charge in [0.1, 0.15) is 17.3 Å². The largest absolute Gasteiger partial charge is 0.507 e. The number of rotatable bonds is 8. The average Bonchev–Trinajstić information content (AvgIpc) is 3.17. The highest BCUT2D eigenvalue weighted by atomic mass is 19.1. The minimum atomic E-state index is -0.416. The molecule has 0 saturated carbocycles. The average molecular weight is 537 g/mol. The van der Waals surface area contributed by atoms with E-state index in [9.17, 15) is 19.4 Å². The lowest BCUT2D eigenvalue weighted by molar-refractivity contribution is 0.102. The van der Waals surface area contributed by atoms with Gasteiger partial charge in [-0.05, 0) is 85.3 Å². The Labute approximate surface area is 233 Å². The third-order valence-electron chi connectivity index (χ3n) is 7.52. The first kappa shape index (κ1) is 27.0. The van der Waals surface area contributed by atoms with Crippen LogP contribution in [-0.2, 0) is 13.0 Å². The molecule has 204 valence electrons. The van der Waals surface area contributed by atoms with Gasteiger partial charge in [-0.25, -0.2) is 4.39 Å². The summed E-state index contributed by atoms with van der Waals surface area (Å²) in [6.07, 6.45) is 2.99. The van der Waals surface area contributed by atoms with Gasteiger partial charge in [0, 0.05) is 46.5 Å².